The van der Waals surface area contributed by atoms with Crippen LogP contribution in [0, 0.1) is 6.92 Å². The third-order valence-corrected chi connectivity index (χ3v) is 4.90. The maximum Gasteiger partial charge on any atom is 0.284 e. The summed E-state index contributed by atoms with van der Waals surface area (Å²) in [6, 6.07) is 16.2. The van der Waals surface area contributed by atoms with Gasteiger partial charge in [-0.15, -0.1) is 4.40 Å². The van der Waals surface area contributed by atoms with E-state index in [4.69, 9.17) is 0 Å². The summed E-state index contributed by atoms with van der Waals surface area (Å²) in [4.78, 5) is 2.16. The molecule has 0 heterocycles. The normalized spacial score (nSPS) is 12.2. The van der Waals surface area contributed by atoms with E-state index in [9.17, 15) is 8.42 Å². The van der Waals surface area contributed by atoms with E-state index in [0.29, 0.717) is 18.9 Å². The van der Waals surface area contributed by atoms with E-state index in [0.717, 1.165) is 11.1 Å². The van der Waals surface area contributed by atoms with Crippen LogP contribution in [0.25, 0.3) is 0 Å². The minimum absolute atomic E-state index is 0.212. The number of benzene rings is 2. The molecule has 0 aliphatic carbocycles. The Bertz CT molecular complexity index is 762. The van der Waals surface area contributed by atoms with Gasteiger partial charge >= 0.3 is 0 Å². The number of aryl methyl sites for hydroxylation is 1. The van der Waals surface area contributed by atoms with Gasteiger partial charge in [-0.05, 0) is 32.9 Å². The van der Waals surface area contributed by atoms with Gasteiger partial charge in [0.15, 0.2) is 0 Å². The van der Waals surface area contributed by atoms with Crippen molar-refractivity contribution >= 4 is 15.9 Å². The summed E-state index contributed by atoms with van der Waals surface area (Å²) in [6.45, 7) is 7.27. The lowest BCUT2D eigenvalue weighted by Gasteiger charge is -2.23. The van der Waals surface area contributed by atoms with Crippen molar-refractivity contribution in [2.24, 2.45) is 4.40 Å². The van der Waals surface area contributed by atoms with Crippen LogP contribution >= 0.6 is 0 Å². The Labute approximate surface area is 138 Å². The Balaban J connectivity index is 2.53. The van der Waals surface area contributed by atoms with E-state index >= 15 is 0 Å². The monoisotopic (exact) mass is 330 g/mol. The first-order valence-corrected chi connectivity index (χ1v) is 9.14. The van der Waals surface area contributed by atoms with Crippen LogP contribution in [-0.4, -0.2) is 32.2 Å². The molecule has 0 fully saturated rings. The van der Waals surface area contributed by atoms with E-state index in [1.54, 1.807) is 24.3 Å². The molecule has 0 saturated heterocycles. The van der Waals surface area contributed by atoms with Crippen molar-refractivity contribution in [3.63, 3.8) is 0 Å². The number of hydrogen-bond donors (Lipinski definition) is 0. The van der Waals surface area contributed by atoms with Crippen LogP contribution in [-0.2, 0) is 10.0 Å². The average molecular weight is 330 g/mol. The lowest BCUT2D eigenvalue weighted by atomic mass is 10.2. The molecule has 0 bridgehead atoms. The topological polar surface area (TPSA) is 49.7 Å². The standard InChI is InChI=1S/C18H22N2O2S/c1-4-20(5-2)18(16-9-7-6-8-10-16)19-23(21,22)17-13-11-15(3)12-14-17/h6-14H,4-5H2,1-3H3/b19-18+. The van der Waals surface area contributed by atoms with Crippen molar-refractivity contribution in [3.8, 4) is 0 Å². The molecule has 0 atom stereocenters. The first-order chi connectivity index (χ1) is 11.0. The first-order valence-electron chi connectivity index (χ1n) is 7.70. The number of sulfonamides is 1. The Hall–Kier alpha value is -2.14. The van der Waals surface area contributed by atoms with Gasteiger partial charge in [0, 0.05) is 18.7 Å². The lowest BCUT2D eigenvalue weighted by molar-refractivity contribution is 0.467. The largest absolute Gasteiger partial charge is 0.356 e. The van der Waals surface area contributed by atoms with Crippen molar-refractivity contribution in [1.82, 2.24) is 4.90 Å². The molecule has 0 aliphatic heterocycles. The Morgan fingerprint density at radius 1 is 0.957 bits per heavy atom. The molecule has 2 aromatic rings. The summed E-state index contributed by atoms with van der Waals surface area (Å²) >= 11 is 0. The number of hydrogen-bond acceptors (Lipinski definition) is 2. The maximum atomic E-state index is 12.6. The molecule has 4 nitrogen and oxygen atoms in total. The van der Waals surface area contributed by atoms with Gasteiger partial charge in [-0.25, -0.2) is 0 Å². The van der Waals surface area contributed by atoms with Crippen LogP contribution < -0.4 is 0 Å². The summed E-state index contributed by atoms with van der Waals surface area (Å²) < 4.78 is 29.4. The molecular formula is C18H22N2O2S. The summed E-state index contributed by atoms with van der Waals surface area (Å²) in [5, 5.41) is 0. The van der Waals surface area contributed by atoms with Gasteiger partial charge in [0.1, 0.15) is 5.84 Å². The second kappa shape index (κ2) is 7.42. The second-order valence-corrected chi connectivity index (χ2v) is 6.85. The van der Waals surface area contributed by atoms with Crippen LogP contribution in [0.3, 0.4) is 0 Å². The zero-order chi connectivity index (χ0) is 16.9. The summed E-state index contributed by atoms with van der Waals surface area (Å²) in [6.07, 6.45) is 0. The fourth-order valence-electron chi connectivity index (χ4n) is 2.28. The van der Waals surface area contributed by atoms with Crippen LogP contribution in [0.2, 0.25) is 0 Å². The van der Waals surface area contributed by atoms with Crippen molar-refractivity contribution in [3.05, 3.63) is 65.7 Å². The van der Waals surface area contributed by atoms with Gasteiger partial charge < -0.3 is 4.90 Å². The Kier molecular flexibility index (Phi) is 5.55. The maximum absolute atomic E-state index is 12.6. The predicted octanol–water partition coefficient (Wildman–Crippen LogP) is 3.47. The highest BCUT2D eigenvalue weighted by Crippen LogP contribution is 2.16. The van der Waals surface area contributed by atoms with E-state index < -0.39 is 10.0 Å². The molecular weight excluding hydrogens is 308 g/mol. The van der Waals surface area contributed by atoms with Gasteiger partial charge in [-0.3, -0.25) is 0 Å². The smallest absolute Gasteiger partial charge is 0.284 e. The molecule has 2 rings (SSSR count). The molecule has 0 N–H and O–H groups in total. The zero-order valence-electron chi connectivity index (χ0n) is 13.7. The molecule has 0 radical (unpaired) electrons. The third kappa shape index (κ3) is 4.20. The fraction of sp³-hybridized carbons (Fsp3) is 0.278. The average Bonchev–Trinajstić information content (AvgIpc) is 2.56. The molecule has 122 valence electrons. The van der Waals surface area contributed by atoms with Crippen LogP contribution in [0.4, 0.5) is 0 Å². The number of nitrogens with zero attached hydrogens (tertiary/aromatic N) is 2. The highest BCUT2D eigenvalue weighted by molar-refractivity contribution is 7.90. The van der Waals surface area contributed by atoms with Crippen molar-refractivity contribution in [1.29, 1.82) is 0 Å². The molecule has 5 heteroatoms. The van der Waals surface area contributed by atoms with Crippen molar-refractivity contribution < 1.29 is 8.42 Å². The molecule has 0 aromatic heterocycles. The van der Waals surface area contributed by atoms with Gasteiger partial charge in [0.05, 0.1) is 4.90 Å². The van der Waals surface area contributed by atoms with Gasteiger partial charge in [0.2, 0.25) is 0 Å². The number of rotatable bonds is 5. The summed E-state index contributed by atoms with van der Waals surface area (Å²) in [5.74, 6) is 0.483. The minimum atomic E-state index is -3.74. The minimum Gasteiger partial charge on any atom is -0.356 e. The number of amidine groups is 1. The molecule has 2 aromatic carbocycles. The quantitative estimate of drug-likeness (QED) is 0.623. The second-order valence-electron chi connectivity index (χ2n) is 5.24. The summed E-state index contributed by atoms with van der Waals surface area (Å²) in [5.41, 5.74) is 1.81. The Morgan fingerprint density at radius 3 is 2.04 bits per heavy atom. The SMILES string of the molecule is CCN(CC)/C(=N/S(=O)(=O)c1ccc(C)cc1)c1ccccc1. The molecule has 0 amide bonds. The molecule has 0 aliphatic rings. The van der Waals surface area contributed by atoms with Gasteiger partial charge in [-0.2, -0.15) is 8.42 Å². The Morgan fingerprint density at radius 2 is 1.52 bits per heavy atom. The van der Waals surface area contributed by atoms with E-state index in [1.807, 2.05) is 56.0 Å². The van der Waals surface area contributed by atoms with Crippen LogP contribution in [0.15, 0.2) is 63.9 Å². The highest BCUT2D eigenvalue weighted by atomic mass is 32.2. The van der Waals surface area contributed by atoms with E-state index in [-0.39, 0.29) is 4.90 Å². The van der Waals surface area contributed by atoms with E-state index in [2.05, 4.69) is 4.40 Å². The van der Waals surface area contributed by atoms with Crippen molar-refractivity contribution in [2.45, 2.75) is 25.7 Å². The predicted molar refractivity (Wildman–Crippen MR) is 94.3 cm³/mol. The molecule has 0 spiro atoms. The molecule has 0 saturated carbocycles. The molecule has 0 unspecified atom stereocenters. The van der Waals surface area contributed by atoms with Gasteiger partial charge in [-0.1, -0.05) is 48.0 Å². The van der Waals surface area contributed by atoms with Crippen LogP contribution in [0.5, 0.6) is 0 Å². The molecule has 23 heavy (non-hydrogen) atoms. The summed E-state index contributed by atoms with van der Waals surface area (Å²) in [7, 11) is -3.74. The lowest BCUT2D eigenvalue weighted by Crippen LogP contribution is -2.32. The third-order valence-electron chi connectivity index (χ3n) is 3.62. The van der Waals surface area contributed by atoms with Gasteiger partial charge in [0.25, 0.3) is 10.0 Å². The van der Waals surface area contributed by atoms with Crippen molar-refractivity contribution in [2.75, 3.05) is 13.1 Å². The zero-order valence-corrected chi connectivity index (χ0v) is 14.5. The highest BCUT2D eigenvalue weighted by Gasteiger charge is 2.18. The fourth-order valence-corrected chi connectivity index (χ4v) is 3.31. The first kappa shape index (κ1) is 17.2. The van der Waals surface area contributed by atoms with Crippen LogP contribution in [0.1, 0.15) is 25.0 Å². The van der Waals surface area contributed by atoms with E-state index in [1.165, 1.54) is 0 Å².